The molecule has 2 N–H and O–H groups in total. The van der Waals surface area contributed by atoms with Gasteiger partial charge < -0.3 is 15.4 Å². The summed E-state index contributed by atoms with van der Waals surface area (Å²) in [6.07, 6.45) is 1.71. The fourth-order valence-electron chi connectivity index (χ4n) is 3.90. The third kappa shape index (κ3) is 5.76. The molecule has 5 nitrogen and oxygen atoms in total. The molecule has 0 saturated heterocycles. The SMILES string of the molecule is CCOc1ccc(/C=C(\NC(=O)c2ccccc2)C(=O)N[C@H](C)c2ccccc2)c2ccccc12. The molecule has 4 rings (SSSR count). The van der Waals surface area contributed by atoms with Crippen molar-refractivity contribution in [2.45, 2.75) is 19.9 Å². The second-order valence-electron chi connectivity index (χ2n) is 8.12. The summed E-state index contributed by atoms with van der Waals surface area (Å²) in [7, 11) is 0. The minimum Gasteiger partial charge on any atom is -0.493 e. The van der Waals surface area contributed by atoms with E-state index in [1.165, 1.54) is 0 Å². The lowest BCUT2D eigenvalue weighted by molar-refractivity contribution is -0.118. The second-order valence-corrected chi connectivity index (χ2v) is 8.12. The van der Waals surface area contributed by atoms with Gasteiger partial charge >= 0.3 is 0 Å². The Labute approximate surface area is 205 Å². The number of nitrogens with one attached hydrogen (secondary N) is 2. The lowest BCUT2D eigenvalue weighted by Crippen LogP contribution is -2.36. The van der Waals surface area contributed by atoms with Gasteiger partial charge in [-0.3, -0.25) is 9.59 Å². The zero-order valence-electron chi connectivity index (χ0n) is 19.8. The van der Waals surface area contributed by atoms with E-state index in [2.05, 4.69) is 10.6 Å². The van der Waals surface area contributed by atoms with Crippen molar-refractivity contribution in [2.24, 2.45) is 0 Å². The fourth-order valence-corrected chi connectivity index (χ4v) is 3.90. The summed E-state index contributed by atoms with van der Waals surface area (Å²) in [6.45, 7) is 4.41. The molecule has 0 bridgehead atoms. The topological polar surface area (TPSA) is 67.4 Å². The normalized spacial score (nSPS) is 12.1. The Bertz CT molecular complexity index is 1350. The largest absolute Gasteiger partial charge is 0.493 e. The number of rotatable bonds is 8. The van der Waals surface area contributed by atoms with Gasteiger partial charge in [0, 0.05) is 10.9 Å². The van der Waals surface area contributed by atoms with E-state index in [-0.39, 0.29) is 23.6 Å². The molecule has 35 heavy (non-hydrogen) atoms. The minimum atomic E-state index is -0.372. The Morgan fingerprint density at radius 2 is 1.46 bits per heavy atom. The van der Waals surface area contributed by atoms with Gasteiger partial charge in [0.2, 0.25) is 0 Å². The van der Waals surface area contributed by atoms with E-state index in [0.29, 0.717) is 12.2 Å². The molecule has 0 spiro atoms. The number of carbonyl (C=O) groups is 2. The molecule has 0 saturated carbocycles. The molecule has 2 amide bonds. The van der Waals surface area contributed by atoms with Gasteiger partial charge in [-0.25, -0.2) is 0 Å². The van der Waals surface area contributed by atoms with Crippen molar-refractivity contribution >= 4 is 28.7 Å². The summed E-state index contributed by atoms with van der Waals surface area (Å²) in [5.41, 5.74) is 2.41. The van der Waals surface area contributed by atoms with E-state index in [9.17, 15) is 9.59 Å². The van der Waals surface area contributed by atoms with E-state index in [0.717, 1.165) is 27.6 Å². The summed E-state index contributed by atoms with van der Waals surface area (Å²) in [5.74, 6) is 0.0514. The zero-order chi connectivity index (χ0) is 24.6. The quantitative estimate of drug-likeness (QED) is 0.320. The number of carbonyl (C=O) groups excluding carboxylic acids is 2. The van der Waals surface area contributed by atoms with Crippen molar-refractivity contribution in [3.8, 4) is 5.75 Å². The number of ether oxygens (including phenoxy) is 1. The van der Waals surface area contributed by atoms with Gasteiger partial charge in [-0.1, -0.05) is 78.9 Å². The highest BCUT2D eigenvalue weighted by atomic mass is 16.5. The first-order valence-corrected chi connectivity index (χ1v) is 11.6. The molecular weight excluding hydrogens is 436 g/mol. The lowest BCUT2D eigenvalue weighted by Gasteiger charge is -2.17. The van der Waals surface area contributed by atoms with Crippen LogP contribution in [0.1, 0.15) is 41.4 Å². The van der Waals surface area contributed by atoms with Crippen LogP contribution in [-0.4, -0.2) is 18.4 Å². The lowest BCUT2D eigenvalue weighted by atomic mass is 10.0. The fraction of sp³-hybridized carbons (Fsp3) is 0.133. The third-order valence-electron chi connectivity index (χ3n) is 5.69. The maximum atomic E-state index is 13.4. The van der Waals surface area contributed by atoms with Crippen molar-refractivity contribution in [2.75, 3.05) is 6.61 Å². The van der Waals surface area contributed by atoms with Crippen LogP contribution in [0.15, 0.2) is 103 Å². The molecule has 4 aromatic carbocycles. The van der Waals surface area contributed by atoms with Crippen molar-refractivity contribution in [3.05, 3.63) is 119 Å². The second kappa shape index (κ2) is 11.2. The maximum Gasteiger partial charge on any atom is 0.268 e. The van der Waals surface area contributed by atoms with Crippen LogP contribution in [0, 0.1) is 0 Å². The predicted molar refractivity (Wildman–Crippen MR) is 140 cm³/mol. The Kier molecular flexibility index (Phi) is 7.58. The predicted octanol–water partition coefficient (Wildman–Crippen LogP) is 5.89. The van der Waals surface area contributed by atoms with Gasteiger partial charge in [0.25, 0.3) is 11.8 Å². The van der Waals surface area contributed by atoms with Crippen LogP contribution in [0.4, 0.5) is 0 Å². The zero-order valence-corrected chi connectivity index (χ0v) is 19.8. The monoisotopic (exact) mass is 464 g/mol. The Morgan fingerprint density at radius 3 is 2.14 bits per heavy atom. The number of benzene rings is 4. The Morgan fingerprint density at radius 1 is 0.829 bits per heavy atom. The molecule has 0 heterocycles. The van der Waals surface area contributed by atoms with Gasteiger partial charge in [-0.05, 0) is 54.6 Å². The maximum absolute atomic E-state index is 13.4. The van der Waals surface area contributed by atoms with E-state index in [1.54, 1.807) is 30.3 Å². The van der Waals surface area contributed by atoms with Crippen LogP contribution >= 0.6 is 0 Å². The number of hydrogen-bond donors (Lipinski definition) is 2. The van der Waals surface area contributed by atoms with E-state index in [4.69, 9.17) is 4.74 Å². The highest BCUT2D eigenvalue weighted by Gasteiger charge is 2.18. The molecule has 0 aliphatic carbocycles. The Balaban J connectivity index is 1.72. The number of fused-ring (bicyclic) bond motifs is 1. The van der Waals surface area contributed by atoms with Gasteiger partial charge in [0.1, 0.15) is 11.4 Å². The molecule has 4 aromatic rings. The smallest absolute Gasteiger partial charge is 0.268 e. The number of amides is 2. The van der Waals surface area contributed by atoms with Crippen molar-refractivity contribution in [1.29, 1.82) is 0 Å². The molecule has 0 aromatic heterocycles. The van der Waals surface area contributed by atoms with Crippen LogP contribution < -0.4 is 15.4 Å². The summed E-state index contributed by atoms with van der Waals surface area (Å²) in [6, 6.07) is 29.9. The van der Waals surface area contributed by atoms with Gasteiger partial charge in [0.05, 0.1) is 12.6 Å². The molecule has 176 valence electrons. The molecular formula is C30H28N2O3. The summed E-state index contributed by atoms with van der Waals surface area (Å²) in [5, 5.41) is 7.69. The van der Waals surface area contributed by atoms with Crippen molar-refractivity contribution in [3.63, 3.8) is 0 Å². The molecule has 1 atom stereocenters. The minimum absolute atomic E-state index is 0.163. The Hall–Kier alpha value is -4.38. The van der Waals surface area contributed by atoms with Gasteiger partial charge in [0.15, 0.2) is 0 Å². The highest BCUT2D eigenvalue weighted by molar-refractivity contribution is 6.07. The average molecular weight is 465 g/mol. The van der Waals surface area contributed by atoms with Gasteiger partial charge in [-0.2, -0.15) is 0 Å². The van der Waals surface area contributed by atoms with E-state index < -0.39 is 0 Å². The van der Waals surface area contributed by atoms with E-state index in [1.807, 2.05) is 86.6 Å². The van der Waals surface area contributed by atoms with Crippen LogP contribution in [-0.2, 0) is 4.79 Å². The first-order chi connectivity index (χ1) is 17.1. The van der Waals surface area contributed by atoms with Gasteiger partial charge in [-0.15, -0.1) is 0 Å². The van der Waals surface area contributed by atoms with Crippen LogP contribution in [0.3, 0.4) is 0 Å². The summed E-state index contributed by atoms with van der Waals surface area (Å²) in [4.78, 5) is 26.3. The first kappa shape index (κ1) is 23.8. The molecule has 0 radical (unpaired) electrons. The molecule has 0 aliphatic heterocycles. The molecule has 0 fully saturated rings. The van der Waals surface area contributed by atoms with Crippen molar-refractivity contribution < 1.29 is 14.3 Å². The molecule has 0 aliphatic rings. The summed E-state index contributed by atoms with van der Waals surface area (Å²) >= 11 is 0. The summed E-state index contributed by atoms with van der Waals surface area (Å²) < 4.78 is 5.78. The van der Waals surface area contributed by atoms with Crippen LogP contribution in [0.5, 0.6) is 5.75 Å². The highest BCUT2D eigenvalue weighted by Crippen LogP contribution is 2.30. The van der Waals surface area contributed by atoms with E-state index >= 15 is 0 Å². The standard InChI is InChI=1S/C30H28N2O3/c1-3-35-28-19-18-24(25-16-10-11-17-26(25)28)20-27(32-29(33)23-14-8-5-9-15-23)30(34)31-21(2)22-12-6-4-7-13-22/h4-21H,3H2,1-2H3,(H,31,34)(H,32,33)/b27-20-/t21-/m1/s1. The van der Waals surface area contributed by atoms with Crippen LogP contribution in [0.25, 0.3) is 16.8 Å². The molecule has 5 heteroatoms. The number of hydrogen-bond acceptors (Lipinski definition) is 3. The average Bonchev–Trinajstić information content (AvgIpc) is 2.90. The molecule has 0 unspecified atom stereocenters. The first-order valence-electron chi connectivity index (χ1n) is 11.6. The van der Waals surface area contributed by atoms with Crippen molar-refractivity contribution in [1.82, 2.24) is 10.6 Å². The third-order valence-corrected chi connectivity index (χ3v) is 5.69. The van der Waals surface area contributed by atoms with Crippen LogP contribution in [0.2, 0.25) is 0 Å².